The molecule has 0 aliphatic heterocycles. The van der Waals surface area contributed by atoms with Gasteiger partial charge >= 0.3 is 0 Å². The van der Waals surface area contributed by atoms with Crippen molar-refractivity contribution in [3.8, 4) is 5.75 Å². The number of nitrogens with two attached hydrogens (primary N) is 1. The fourth-order valence-corrected chi connectivity index (χ4v) is 1.27. The highest BCUT2D eigenvalue weighted by molar-refractivity contribution is 5.94. The zero-order chi connectivity index (χ0) is 12.8. The van der Waals surface area contributed by atoms with Crippen LogP contribution in [0.2, 0.25) is 0 Å². The fourth-order valence-electron chi connectivity index (χ4n) is 1.27. The number of carbonyl (C=O) groups excluding carboxylic acids is 1. The third-order valence-electron chi connectivity index (χ3n) is 1.99. The van der Waals surface area contributed by atoms with E-state index in [1.54, 1.807) is 0 Å². The van der Waals surface area contributed by atoms with Gasteiger partial charge in [-0.25, -0.2) is 4.39 Å². The first kappa shape index (κ1) is 13.4. The monoisotopic (exact) mass is 240 g/mol. The van der Waals surface area contributed by atoms with E-state index < -0.39 is 5.82 Å². The maximum atomic E-state index is 13.5. The first-order chi connectivity index (χ1) is 8.04. The number of amides is 1. The molecule has 0 radical (unpaired) electrons. The Hall–Kier alpha value is -1.62. The van der Waals surface area contributed by atoms with E-state index >= 15 is 0 Å². The molecule has 0 heterocycles. The molecule has 0 bridgehead atoms. The molecule has 0 spiro atoms. The smallest absolute Gasteiger partial charge is 0.251 e. The molecule has 94 valence electrons. The van der Waals surface area contributed by atoms with Gasteiger partial charge in [0.1, 0.15) is 6.61 Å². The van der Waals surface area contributed by atoms with Gasteiger partial charge < -0.3 is 15.8 Å². The summed E-state index contributed by atoms with van der Waals surface area (Å²) in [4.78, 5) is 11.6. The molecule has 0 aromatic heterocycles. The van der Waals surface area contributed by atoms with Crippen molar-refractivity contribution in [3.05, 3.63) is 29.6 Å². The quantitative estimate of drug-likeness (QED) is 0.815. The van der Waals surface area contributed by atoms with Crippen LogP contribution in [0.3, 0.4) is 0 Å². The van der Waals surface area contributed by atoms with Gasteiger partial charge in [-0.15, -0.1) is 0 Å². The van der Waals surface area contributed by atoms with E-state index in [9.17, 15) is 9.18 Å². The molecule has 5 heteroatoms. The van der Waals surface area contributed by atoms with E-state index in [-0.39, 0.29) is 29.9 Å². The maximum Gasteiger partial charge on any atom is 0.251 e. The Bertz CT molecular complexity index is 394. The molecule has 1 rings (SSSR count). The van der Waals surface area contributed by atoms with Crippen molar-refractivity contribution in [2.24, 2.45) is 5.73 Å². The predicted molar refractivity (Wildman–Crippen MR) is 63.6 cm³/mol. The Morgan fingerprint density at radius 1 is 1.53 bits per heavy atom. The molecule has 17 heavy (non-hydrogen) atoms. The van der Waals surface area contributed by atoms with E-state index in [2.05, 4.69) is 5.32 Å². The summed E-state index contributed by atoms with van der Waals surface area (Å²) in [6.45, 7) is 4.24. The van der Waals surface area contributed by atoms with E-state index in [0.29, 0.717) is 6.54 Å². The first-order valence-corrected chi connectivity index (χ1v) is 5.48. The summed E-state index contributed by atoms with van der Waals surface area (Å²) in [5, 5.41) is 2.68. The average Bonchev–Trinajstić information content (AvgIpc) is 2.26. The summed E-state index contributed by atoms with van der Waals surface area (Å²) in [6.07, 6.45) is 0. The molecule has 0 atom stereocenters. The second kappa shape index (κ2) is 6.20. The Balaban J connectivity index is 2.77. The predicted octanol–water partition coefficient (Wildman–Crippen LogP) is 1.30. The normalized spacial score (nSPS) is 10.4. The molecule has 0 saturated carbocycles. The van der Waals surface area contributed by atoms with Gasteiger partial charge in [-0.1, -0.05) is 0 Å². The molecular weight excluding hydrogens is 223 g/mol. The minimum atomic E-state index is -0.560. The van der Waals surface area contributed by atoms with Gasteiger partial charge in [0.15, 0.2) is 11.6 Å². The number of benzene rings is 1. The second-order valence-electron chi connectivity index (χ2n) is 3.91. The Kier molecular flexibility index (Phi) is 4.90. The second-order valence-corrected chi connectivity index (χ2v) is 3.91. The topological polar surface area (TPSA) is 64.3 Å². The number of ether oxygens (including phenoxy) is 1. The SMILES string of the molecule is CC(C)NC(=O)c1ccc(OCCN)c(F)c1. The number of hydrogen-bond acceptors (Lipinski definition) is 3. The Morgan fingerprint density at radius 3 is 2.76 bits per heavy atom. The summed E-state index contributed by atoms with van der Waals surface area (Å²) in [6, 6.07) is 4.12. The molecule has 0 unspecified atom stereocenters. The van der Waals surface area contributed by atoms with Crippen molar-refractivity contribution in [1.29, 1.82) is 0 Å². The highest BCUT2D eigenvalue weighted by Gasteiger charge is 2.11. The first-order valence-electron chi connectivity index (χ1n) is 5.48. The third kappa shape index (κ3) is 4.03. The van der Waals surface area contributed by atoms with Crippen LogP contribution in [0, 0.1) is 5.82 Å². The Labute approximate surface area is 100.0 Å². The molecule has 1 aromatic carbocycles. The van der Waals surface area contributed by atoms with Gasteiger partial charge in [-0.3, -0.25) is 4.79 Å². The molecular formula is C12H17FN2O2. The van der Waals surface area contributed by atoms with Crippen LogP contribution < -0.4 is 15.8 Å². The van der Waals surface area contributed by atoms with E-state index in [0.717, 1.165) is 6.07 Å². The molecule has 3 N–H and O–H groups in total. The molecule has 0 aliphatic carbocycles. The number of hydrogen-bond donors (Lipinski definition) is 2. The van der Waals surface area contributed by atoms with Crippen LogP contribution in [0.5, 0.6) is 5.75 Å². The van der Waals surface area contributed by atoms with Crippen LogP contribution in [-0.4, -0.2) is 25.1 Å². The fraction of sp³-hybridized carbons (Fsp3) is 0.417. The van der Waals surface area contributed by atoms with Crippen molar-refractivity contribution in [2.45, 2.75) is 19.9 Å². The van der Waals surface area contributed by atoms with Gasteiger partial charge in [0, 0.05) is 18.2 Å². The lowest BCUT2D eigenvalue weighted by Crippen LogP contribution is -2.30. The molecule has 1 aromatic rings. The van der Waals surface area contributed by atoms with Crippen LogP contribution in [0.15, 0.2) is 18.2 Å². The van der Waals surface area contributed by atoms with Crippen LogP contribution >= 0.6 is 0 Å². The minimum absolute atomic E-state index is 0.0127. The van der Waals surface area contributed by atoms with Crippen LogP contribution in [0.25, 0.3) is 0 Å². The van der Waals surface area contributed by atoms with Gasteiger partial charge in [0.05, 0.1) is 0 Å². The van der Waals surface area contributed by atoms with Crippen molar-refractivity contribution < 1.29 is 13.9 Å². The molecule has 0 fully saturated rings. The van der Waals surface area contributed by atoms with Crippen LogP contribution in [0.1, 0.15) is 24.2 Å². The van der Waals surface area contributed by atoms with Crippen molar-refractivity contribution in [1.82, 2.24) is 5.32 Å². The van der Waals surface area contributed by atoms with Crippen LogP contribution in [0.4, 0.5) is 4.39 Å². The molecule has 0 saturated heterocycles. The lowest BCUT2D eigenvalue weighted by atomic mass is 10.2. The lowest BCUT2D eigenvalue weighted by Gasteiger charge is -2.10. The average molecular weight is 240 g/mol. The molecule has 4 nitrogen and oxygen atoms in total. The van der Waals surface area contributed by atoms with Gasteiger partial charge in [0.2, 0.25) is 0 Å². The maximum absolute atomic E-state index is 13.5. The largest absolute Gasteiger partial charge is 0.489 e. The molecule has 0 aliphatic rings. The summed E-state index contributed by atoms with van der Waals surface area (Å²) >= 11 is 0. The summed E-state index contributed by atoms with van der Waals surface area (Å²) < 4.78 is 18.6. The van der Waals surface area contributed by atoms with Crippen LogP contribution in [-0.2, 0) is 0 Å². The summed E-state index contributed by atoms with van der Waals surface area (Å²) in [5.41, 5.74) is 5.52. The number of rotatable bonds is 5. The van der Waals surface area contributed by atoms with E-state index in [1.165, 1.54) is 12.1 Å². The van der Waals surface area contributed by atoms with E-state index in [1.807, 2.05) is 13.8 Å². The summed E-state index contributed by atoms with van der Waals surface area (Å²) in [5.74, 6) is -0.754. The number of halogens is 1. The van der Waals surface area contributed by atoms with Gasteiger partial charge in [-0.2, -0.15) is 0 Å². The highest BCUT2D eigenvalue weighted by atomic mass is 19.1. The van der Waals surface area contributed by atoms with Gasteiger partial charge in [0.25, 0.3) is 5.91 Å². The summed E-state index contributed by atoms with van der Waals surface area (Å²) in [7, 11) is 0. The van der Waals surface area contributed by atoms with Gasteiger partial charge in [-0.05, 0) is 32.0 Å². The van der Waals surface area contributed by atoms with Crippen molar-refractivity contribution in [2.75, 3.05) is 13.2 Å². The van der Waals surface area contributed by atoms with Crippen molar-refractivity contribution >= 4 is 5.91 Å². The Morgan fingerprint density at radius 2 is 2.24 bits per heavy atom. The van der Waals surface area contributed by atoms with E-state index in [4.69, 9.17) is 10.5 Å². The third-order valence-corrected chi connectivity index (χ3v) is 1.99. The lowest BCUT2D eigenvalue weighted by molar-refractivity contribution is 0.0942. The zero-order valence-corrected chi connectivity index (χ0v) is 10.00. The zero-order valence-electron chi connectivity index (χ0n) is 10.00. The molecule has 1 amide bonds. The minimum Gasteiger partial charge on any atom is -0.489 e. The number of nitrogens with one attached hydrogen (secondary N) is 1. The standard InChI is InChI=1S/C12H17FN2O2/c1-8(2)15-12(16)9-3-4-11(10(13)7-9)17-6-5-14/h3-4,7-8H,5-6,14H2,1-2H3,(H,15,16). The number of carbonyl (C=O) groups is 1. The highest BCUT2D eigenvalue weighted by Crippen LogP contribution is 2.18. The van der Waals surface area contributed by atoms with Crippen molar-refractivity contribution in [3.63, 3.8) is 0 Å².